The molecule has 3 nitrogen and oxygen atoms in total. The van der Waals surface area contributed by atoms with Crippen molar-refractivity contribution < 1.29 is 0 Å². The zero-order valence-electron chi connectivity index (χ0n) is 12.5. The minimum atomic E-state index is 0.573. The Kier molecular flexibility index (Phi) is 5.79. The number of aromatic nitrogens is 1. The van der Waals surface area contributed by atoms with Crippen LogP contribution in [0.5, 0.6) is 0 Å². The lowest BCUT2D eigenvalue weighted by molar-refractivity contribution is 0.231. The average molecular weight is 281 g/mol. The van der Waals surface area contributed by atoms with Gasteiger partial charge >= 0.3 is 0 Å². The maximum atomic E-state index is 4.32. The minimum absolute atomic E-state index is 0.573. The summed E-state index contributed by atoms with van der Waals surface area (Å²) in [5.74, 6) is 0. The second-order valence-corrected chi connectivity index (χ2v) is 6.81. The topological polar surface area (TPSA) is 28.2 Å². The maximum Gasteiger partial charge on any atom is 0.0798 e. The van der Waals surface area contributed by atoms with E-state index in [1.807, 2.05) is 5.51 Å². The zero-order valence-corrected chi connectivity index (χ0v) is 13.3. The van der Waals surface area contributed by atoms with E-state index in [9.17, 15) is 0 Å². The van der Waals surface area contributed by atoms with Gasteiger partial charge < -0.3 is 5.32 Å². The molecule has 1 N–H and O–H groups in total. The van der Waals surface area contributed by atoms with E-state index < -0.39 is 0 Å². The largest absolute Gasteiger partial charge is 0.312 e. The molecule has 1 heterocycles. The number of thiazole rings is 1. The summed E-state index contributed by atoms with van der Waals surface area (Å²) in [5.41, 5.74) is 3.13. The summed E-state index contributed by atoms with van der Waals surface area (Å²) in [6.07, 6.45) is 6.97. The fraction of sp³-hybridized carbons (Fsp3) is 0.800. The van der Waals surface area contributed by atoms with Crippen molar-refractivity contribution in [3.63, 3.8) is 0 Å². The molecular weight excluding hydrogens is 254 g/mol. The van der Waals surface area contributed by atoms with Gasteiger partial charge in [0, 0.05) is 30.1 Å². The van der Waals surface area contributed by atoms with Crippen molar-refractivity contribution in [3.05, 3.63) is 16.1 Å². The fourth-order valence-corrected chi connectivity index (χ4v) is 3.50. The summed E-state index contributed by atoms with van der Waals surface area (Å²) in [5, 5.41) is 3.74. The van der Waals surface area contributed by atoms with Crippen molar-refractivity contribution in [1.82, 2.24) is 15.2 Å². The summed E-state index contributed by atoms with van der Waals surface area (Å²) >= 11 is 1.77. The molecule has 0 spiro atoms. The van der Waals surface area contributed by atoms with Gasteiger partial charge in [-0.15, -0.1) is 11.3 Å². The van der Waals surface area contributed by atoms with Crippen molar-refractivity contribution in [3.8, 4) is 0 Å². The van der Waals surface area contributed by atoms with E-state index in [1.165, 1.54) is 42.7 Å². The van der Waals surface area contributed by atoms with E-state index in [-0.39, 0.29) is 0 Å². The molecule has 0 bridgehead atoms. The molecular formula is C15H27N3S. The Morgan fingerprint density at radius 2 is 2.16 bits per heavy atom. The molecule has 0 aromatic carbocycles. The first-order valence-corrected chi connectivity index (χ1v) is 8.37. The highest BCUT2D eigenvalue weighted by Gasteiger charge is 2.16. The van der Waals surface area contributed by atoms with Gasteiger partial charge in [-0.05, 0) is 33.7 Å². The molecule has 1 aromatic heterocycles. The average Bonchev–Trinajstić information content (AvgIpc) is 2.82. The van der Waals surface area contributed by atoms with Crippen LogP contribution >= 0.6 is 11.3 Å². The number of likely N-dealkylation sites (N-methyl/N-ethyl adjacent to an activating group) is 1. The lowest BCUT2D eigenvalue weighted by Gasteiger charge is -2.29. The van der Waals surface area contributed by atoms with Gasteiger partial charge in [-0.3, -0.25) is 4.90 Å². The molecule has 0 aliphatic heterocycles. The van der Waals surface area contributed by atoms with E-state index >= 15 is 0 Å². The molecule has 19 heavy (non-hydrogen) atoms. The molecule has 0 amide bonds. The van der Waals surface area contributed by atoms with Gasteiger partial charge in [0.05, 0.1) is 11.2 Å². The maximum absolute atomic E-state index is 4.32. The Morgan fingerprint density at radius 1 is 1.42 bits per heavy atom. The molecule has 0 saturated heterocycles. The first-order valence-electron chi connectivity index (χ1n) is 7.49. The minimum Gasteiger partial charge on any atom is -0.312 e. The summed E-state index contributed by atoms with van der Waals surface area (Å²) in [6.45, 7) is 6.53. The van der Waals surface area contributed by atoms with Gasteiger partial charge in [-0.2, -0.15) is 0 Å². The van der Waals surface area contributed by atoms with Crippen LogP contribution in [0.4, 0.5) is 0 Å². The number of rotatable bonds is 6. The standard InChI is InChI=1S/C15H27N3S/c1-12(9-16-14-7-5-4-6-8-14)18(3)10-15-13(2)17-11-19-15/h11-12,14,16H,4-10H2,1-3H3. The summed E-state index contributed by atoms with van der Waals surface area (Å²) < 4.78 is 0. The smallest absolute Gasteiger partial charge is 0.0798 e. The van der Waals surface area contributed by atoms with E-state index in [4.69, 9.17) is 0 Å². The molecule has 1 saturated carbocycles. The van der Waals surface area contributed by atoms with E-state index in [0.717, 1.165) is 19.1 Å². The molecule has 1 aliphatic rings. The molecule has 4 heteroatoms. The van der Waals surface area contributed by atoms with Crippen LogP contribution in [-0.2, 0) is 6.54 Å². The van der Waals surface area contributed by atoms with Crippen LogP contribution in [0.15, 0.2) is 5.51 Å². The van der Waals surface area contributed by atoms with Crippen LogP contribution < -0.4 is 5.32 Å². The number of nitrogens with one attached hydrogen (secondary N) is 1. The monoisotopic (exact) mass is 281 g/mol. The third-order valence-corrected chi connectivity index (χ3v) is 5.22. The van der Waals surface area contributed by atoms with E-state index in [1.54, 1.807) is 11.3 Å². The molecule has 2 rings (SSSR count). The van der Waals surface area contributed by atoms with Crippen LogP contribution in [0.3, 0.4) is 0 Å². The van der Waals surface area contributed by atoms with Gasteiger partial charge in [0.15, 0.2) is 0 Å². The highest BCUT2D eigenvalue weighted by Crippen LogP contribution is 2.18. The highest BCUT2D eigenvalue weighted by molar-refractivity contribution is 7.09. The van der Waals surface area contributed by atoms with Crippen molar-refractivity contribution in [2.45, 2.75) is 64.6 Å². The predicted molar refractivity (Wildman–Crippen MR) is 82.7 cm³/mol. The number of aryl methyl sites for hydroxylation is 1. The second-order valence-electron chi connectivity index (χ2n) is 5.87. The lowest BCUT2D eigenvalue weighted by atomic mass is 9.95. The molecule has 1 atom stereocenters. The van der Waals surface area contributed by atoms with Crippen LogP contribution in [-0.4, -0.2) is 35.6 Å². The second kappa shape index (κ2) is 7.36. The van der Waals surface area contributed by atoms with Gasteiger partial charge in [-0.1, -0.05) is 19.3 Å². The van der Waals surface area contributed by atoms with Gasteiger partial charge in [0.25, 0.3) is 0 Å². The number of hydrogen-bond acceptors (Lipinski definition) is 4. The Balaban J connectivity index is 1.72. The Hall–Kier alpha value is -0.450. The summed E-state index contributed by atoms with van der Waals surface area (Å²) in [4.78, 5) is 8.15. The Morgan fingerprint density at radius 3 is 2.79 bits per heavy atom. The molecule has 1 aliphatic carbocycles. The van der Waals surface area contributed by atoms with Crippen LogP contribution in [0.2, 0.25) is 0 Å². The lowest BCUT2D eigenvalue weighted by Crippen LogP contribution is -2.42. The quantitative estimate of drug-likeness (QED) is 0.868. The van der Waals surface area contributed by atoms with Crippen LogP contribution in [0.25, 0.3) is 0 Å². The third kappa shape index (κ3) is 4.55. The van der Waals surface area contributed by atoms with Gasteiger partial charge in [0.1, 0.15) is 0 Å². The van der Waals surface area contributed by atoms with Crippen LogP contribution in [0.1, 0.15) is 49.6 Å². The van der Waals surface area contributed by atoms with Crippen molar-refractivity contribution >= 4 is 11.3 Å². The molecule has 1 fully saturated rings. The van der Waals surface area contributed by atoms with Crippen molar-refractivity contribution in [2.24, 2.45) is 0 Å². The van der Waals surface area contributed by atoms with E-state index in [0.29, 0.717) is 6.04 Å². The molecule has 1 aromatic rings. The van der Waals surface area contributed by atoms with E-state index in [2.05, 4.69) is 36.1 Å². The van der Waals surface area contributed by atoms with Gasteiger partial charge in [-0.25, -0.2) is 4.98 Å². The first kappa shape index (κ1) is 14.9. The Bertz CT molecular complexity index is 371. The molecule has 1 unspecified atom stereocenters. The molecule has 108 valence electrons. The van der Waals surface area contributed by atoms with Crippen LogP contribution in [0, 0.1) is 6.92 Å². The number of nitrogens with zero attached hydrogens (tertiary/aromatic N) is 2. The first-order chi connectivity index (χ1) is 9.16. The van der Waals surface area contributed by atoms with Crippen molar-refractivity contribution in [1.29, 1.82) is 0 Å². The zero-order chi connectivity index (χ0) is 13.7. The third-order valence-electron chi connectivity index (χ3n) is 4.30. The fourth-order valence-electron chi connectivity index (χ4n) is 2.66. The van der Waals surface area contributed by atoms with Gasteiger partial charge in [0.2, 0.25) is 0 Å². The van der Waals surface area contributed by atoms with Crippen molar-refractivity contribution in [2.75, 3.05) is 13.6 Å². The highest BCUT2D eigenvalue weighted by atomic mass is 32.1. The Labute approximate surface area is 121 Å². The summed E-state index contributed by atoms with van der Waals surface area (Å²) in [7, 11) is 2.21. The normalized spacial score (nSPS) is 18.9. The molecule has 0 radical (unpaired) electrons. The number of hydrogen-bond donors (Lipinski definition) is 1. The SMILES string of the molecule is Cc1ncsc1CN(C)C(C)CNC1CCCCC1. The summed E-state index contributed by atoms with van der Waals surface area (Å²) in [6, 6.07) is 1.33. The predicted octanol–water partition coefficient (Wildman–Crippen LogP) is 3.19.